The zero-order valence-electron chi connectivity index (χ0n) is 12.1. The molecule has 0 saturated heterocycles. The number of amides is 1. The van der Waals surface area contributed by atoms with Gasteiger partial charge < -0.3 is 10.6 Å². The van der Waals surface area contributed by atoms with Crippen molar-refractivity contribution in [3.63, 3.8) is 0 Å². The number of halogens is 1. The maximum Gasteiger partial charge on any atom is 0.221 e. The molecule has 0 aliphatic carbocycles. The fourth-order valence-corrected chi connectivity index (χ4v) is 1.83. The molecule has 0 radical (unpaired) electrons. The molecule has 0 spiro atoms. The standard InChI is InChI=1S/C15H23ClN2O/c1-11(12-5-7-13(16)8-6-12)18-14(19)9-10-17-15(2,3)4/h5-8,11,17H,9-10H2,1-4H3,(H,18,19)/t11-/m1/s1. The summed E-state index contributed by atoms with van der Waals surface area (Å²) < 4.78 is 0. The highest BCUT2D eigenvalue weighted by atomic mass is 35.5. The largest absolute Gasteiger partial charge is 0.350 e. The van der Waals surface area contributed by atoms with Crippen molar-refractivity contribution in [2.24, 2.45) is 0 Å². The first-order valence-electron chi connectivity index (χ1n) is 6.58. The van der Waals surface area contributed by atoms with Crippen molar-refractivity contribution in [2.45, 2.75) is 45.7 Å². The second kappa shape index (κ2) is 6.92. The molecule has 1 rings (SSSR count). The summed E-state index contributed by atoms with van der Waals surface area (Å²) in [6.45, 7) is 8.91. The Morgan fingerprint density at radius 2 is 1.84 bits per heavy atom. The third-order valence-corrected chi connectivity index (χ3v) is 3.01. The van der Waals surface area contributed by atoms with Gasteiger partial charge in [0.05, 0.1) is 6.04 Å². The van der Waals surface area contributed by atoms with Crippen LogP contribution in [0.5, 0.6) is 0 Å². The van der Waals surface area contributed by atoms with Gasteiger partial charge in [-0.15, -0.1) is 0 Å². The van der Waals surface area contributed by atoms with Crippen molar-refractivity contribution in [1.29, 1.82) is 0 Å². The Kier molecular flexibility index (Phi) is 5.83. The molecule has 0 fully saturated rings. The maximum absolute atomic E-state index is 11.8. The lowest BCUT2D eigenvalue weighted by Gasteiger charge is -2.21. The lowest BCUT2D eigenvalue weighted by Crippen LogP contribution is -2.38. The van der Waals surface area contributed by atoms with Crippen LogP contribution in [0.4, 0.5) is 0 Å². The van der Waals surface area contributed by atoms with E-state index < -0.39 is 0 Å². The van der Waals surface area contributed by atoms with Crippen LogP contribution in [0.2, 0.25) is 5.02 Å². The number of carbonyl (C=O) groups is 1. The minimum absolute atomic E-state index is 0.000552. The topological polar surface area (TPSA) is 41.1 Å². The molecule has 1 amide bonds. The van der Waals surface area contributed by atoms with Crippen molar-refractivity contribution >= 4 is 17.5 Å². The van der Waals surface area contributed by atoms with Gasteiger partial charge in [-0.05, 0) is 45.4 Å². The van der Waals surface area contributed by atoms with Gasteiger partial charge in [0.15, 0.2) is 0 Å². The van der Waals surface area contributed by atoms with Crippen molar-refractivity contribution in [1.82, 2.24) is 10.6 Å². The first-order chi connectivity index (χ1) is 8.78. The van der Waals surface area contributed by atoms with Crippen molar-refractivity contribution in [3.8, 4) is 0 Å². The fourth-order valence-electron chi connectivity index (χ4n) is 1.70. The zero-order chi connectivity index (χ0) is 14.5. The highest BCUT2D eigenvalue weighted by Gasteiger charge is 2.12. The smallest absolute Gasteiger partial charge is 0.221 e. The van der Waals surface area contributed by atoms with E-state index in [-0.39, 0.29) is 17.5 Å². The van der Waals surface area contributed by atoms with E-state index in [0.717, 1.165) is 5.56 Å². The van der Waals surface area contributed by atoms with E-state index in [1.54, 1.807) is 0 Å². The van der Waals surface area contributed by atoms with Crippen molar-refractivity contribution < 1.29 is 4.79 Å². The third kappa shape index (κ3) is 6.60. The molecule has 0 heterocycles. The first kappa shape index (κ1) is 16.0. The predicted molar refractivity (Wildman–Crippen MR) is 80.4 cm³/mol. The van der Waals surface area contributed by atoms with Crippen LogP contribution in [-0.4, -0.2) is 18.0 Å². The van der Waals surface area contributed by atoms with Gasteiger partial charge in [-0.1, -0.05) is 23.7 Å². The molecule has 106 valence electrons. The SMILES string of the molecule is C[C@@H](NC(=O)CCNC(C)(C)C)c1ccc(Cl)cc1. The molecule has 0 aromatic heterocycles. The molecule has 0 bridgehead atoms. The molecule has 1 aromatic rings. The summed E-state index contributed by atoms with van der Waals surface area (Å²) in [6.07, 6.45) is 0.481. The number of hydrogen-bond donors (Lipinski definition) is 2. The van der Waals surface area contributed by atoms with E-state index in [4.69, 9.17) is 11.6 Å². The fraction of sp³-hybridized carbons (Fsp3) is 0.533. The highest BCUT2D eigenvalue weighted by Crippen LogP contribution is 2.15. The molecule has 0 aliphatic rings. The Morgan fingerprint density at radius 1 is 1.26 bits per heavy atom. The summed E-state index contributed by atoms with van der Waals surface area (Å²) in [4.78, 5) is 11.8. The summed E-state index contributed by atoms with van der Waals surface area (Å²) in [5.41, 5.74) is 1.10. The van der Waals surface area contributed by atoms with Crippen LogP contribution in [0, 0.1) is 0 Å². The van der Waals surface area contributed by atoms with Crippen LogP contribution >= 0.6 is 11.6 Å². The maximum atomic E-state index is 11.8. The molecule has 0 aliphatic heterocycles. The Balaban J connectivity index is 2.38. The van der Waals surface area contributed by atoms with Crippen LogP contribution in [0.15, 0.2) is 24.3 Å². The van der Waals surface area contributed by atoms with E-state index in [0.29, 0.717) is 18.0 Å². The van der Waals surface area contributed by atoms with Gasteiger partial charge in [0.2, 0.25) is 5.91 Å². The Morgan fingerprint density at radius 3 is 2.37 bits per heavy atom. The summed E-state index contributed by atoms with van der Waals surface area (Å²) in [6, 6.07) is 7.53. The summed E-state index contributed by atoms with van der Waals surface area (Å²) in [5.74, 6) is 0.0548. The quantitative estimate of drug-likeness (QED) is 0.870. The molecule has 2 N–H and O–H groups in total. The second-order valence-corrected chi connectivity index (χ2v) is 6.20. The number of carbonyl (C=O) groups excluding carboxylic acids is 1. The molecule has 1 atom stereocenters. The molecule has 1 aromatic carbocycles. The van der Waals surface area contributed by atoms with Crippen molar-refractivity contribution in [2.75, 3.05) is 6.54 Å². The van der Waals surface area contributed by atoms with Gasteiger partial charge in [0.25, 0.3) is 0 Å². The van der Waals surface area contributed by atoms with E-state index in [1.165, 1.54) is 0 Å². The average molecular weight is 283 g/mol. The normalized spacial score (nSPS) is 13.1. The highest BCUT2D eigenvalue weighted by molar-refractivity contribution is 6.30. The molecular weight excluding hydrogens is 260 g/mol. The van der Waals surface area contributed by atoms with Gasteiger partial charge in [0, 0.05) is 23.5 Å². The number of rotatable bonds is 5. The lowest BCUT2D eigenvalue weighted by molar-refractivity contribution is -0.121. The Hall–Kier alpha value is -1.06. The van der Waals surface area contributed by atoms with E-state index in [1.807, 2.05) is 31.2 Å². The van der Waals surface area contributed by atoms with Crippen LogP contribution in [0.1, 0.15) is 45.7 Å². The average Bonchev–Trinajstić information content (AvgIpc) is 2.27. The van der Waals surface area contributed by atoms with Crippen molar-refractivity contribution in [3.05, 3.63) is 34.9 Å². The first-order valence-corrected chi connectivity index (χ1v) is 6.95. The summed E-state index contributed by atoms with van der Waals surface area (Å²) in [5, 5.41) is 6.98. The van der Waals surface area contributed by atoms with Crippen LogP contribution in [-0.2, 0) is 4.79 Å². The minimum Gasteiger partial charge on any atom is -0.350 e. The van der Waals surface area contributed by atoms with Crippen LogP contribution < -0.4 is 10.6 Å². The van der Waals surface area contributed by atoms with Gasteiger partial charge in [-0.25, -0.2) is 0 Å². The van der Waals surface area contributed by atoms with Gasteiger partial charge in [-0.2, -0.15) is 0 Å². The zero-order valence-corrected chi connectivity index (χ0v) is 12.8. The third-order valence-electron chi connectivity index (χ3n) is 2.75. The molecule has 3 nitrogen and oxygen atoms in total. The number of benzene rings is 1. The summed E-state index contributed by atoms with van der Waals surface area (Å²) in [7, 11) is 0. The molecule has 19 heavy (non-hydrogen) atoms. The molecule has 0 saturated carbocycles. The van der Waals surface area contributed by atoms with E-state index in [9.17, 15) is 4.79 Å². The number of hydrogen-bond acceptors (Lipinski definition) is 2. The van der Waals surface area contributed by atoms with Crippen LogP contribution in [0.25, 0.3) is 0 Å². The second-order valence-electron chi connectivity index (χ2n) is 5.77. The van der Waals surface area contributed by atoms with Crippen LogP contribution in [0.3, 0.4) is 0 Å². The molecular formula is C15H23ClN2O. The minimum atomic E-state index is -0.000552. The van der Waals surface area contributed by atoms with E-state index >= 15 is 0 Å². The van der Waals surface area contributed by atoms with Gasteiger partial charge in [0.1, 0.15) is 0 Å². The monoisotopic (exact) mass is 282 g/mol. The molecule has 0 unspecified atom stereocenters. The summed E-state index contributed by atoms with van der Waals surface area (Å²) >= 11 is 5.84. The number of nitrogens with one attached hydrogen (secondary N) is 2. The Labute approximate surface area is 120 Å². The Bertz CT molecular complexity index is 409. The predicted octanol–water partition coefficient (Wildman–Crippen LogP) is 3.30. The van der Waals surface area contributed by atoms with Gasteiger partial charge in [-0.3, -0.25) is 4.79 Å². The lowest BCUT2D eigenvalue weighted by atomic mass is 10.1. The molecule has 4 heteroatoms. The van der Waals surface area contributed by atoms with E-state index in [2.05, 4.69) is 31.4 Å². The van der Waals surface area contributed by atoms with Gasteiger partial charge >= 0.3 is 0 Å².